The van der Waals surface area contributed by atoms with Crippen LogP contribution in [-0.2, 0) is 6.54 Å². The van der Waals surface area contributed by atoms with E-state index >= 15 is 0 Å². The standard InChI is InChI=1S/C19H25FN4O/c1-13(2)23-19-21-9-14(10-22-19)11-24-8-7-17(18(25)12-24)15-3-5-16(20)6-4-15/h3-6,9-10,13,17-18,25H,7-8,11-12H2,1-2H3,(H,21,22,23)/t17-,18+/m0/s1. The van der Waals surface area contributed by atoms with E-state index in [4.69, 9.17) is 0 Å². The number of aliphatic hydroxyl groups excluding tert-OH is 1. The molecule has 2 heterocycles. The molecule has 1 aliphatic heterocycles. The summed E-state index contributed by atoms with van der Waals surface area (Å²) in [6.07, 6.45) is 4.05. The largest absolute Gasteiger partial charge is 0.391 e. The third kappa shape index (κ3) is 4.74. The zero-order valence-corrected chi connectivity index (χ0v) is 14.7. The molecule has 6 heteroatoms. The van der Waals surface area contributed by atoms with Crippen molar-refractivity contribution in [3.8, 4) is 0 Å². The van der Waals surface area contributed by atoms with E-state index in [0.717, 1.165) is 30.6 Å². The van der Waals surface area contributed by atoms with Crippen LogP contribution < -0.4 is 5.32 Å². The van der Waals surface area contributed by atoms with Crippen LogP contribution in [0.3, 0.4) is 0 Å². The molecule has 3 rings (SSSR count). The minimum absolute atomic E-state index is 0.0608. The molecule has 25 heavy (non-hydrogen) atoms. The minimum Gasteiger partial charge on any atom is -0.391 e. The molecule has 1 fully saturated rings. The van der Waals surface area contributed by atoms with Crippen molar-refractivity contribution in [2.45, 2.75) is 44.9 Å². The van der Waals surface area contributed by atoms with Gasteiger partial charge >= 0.3 is 0 Å². The molecule has 2 atom stereocenters. The normalized spacial score (nSPS) is 21.5. The van der Waals surface area contributed by atoms with Gasteiger partial charge in [-0.15, -0.1) is 0 Å². The number of hydrogen-bond donors (Lipinski definition) is 2. The molecule has 0 saturated carbocycles. The summed E-state index contributed by atoms with van der Waals surface area (Å²) >= 11 is 0. The average molecular weight is 344 g/mol. The van der Waals surface area contributed by atoms with Gasteiger partial charge in [-0.3, -0.25) is 4.90 Å². The Hall–Kier alpha value is -2.05. The summed E-state index contributed by atoms with van der Waals surface area (Å²) in [6, 6.07) is 6.75. The smallest absolute Gasteiger partial charge is 0.222 e. The van der Waals surface area contributed by atoms with Gasteiger partial charge < -0.3 is 10.4 Å². The maximum Gasteiger partial charge on any atom is 0.222 e. The SMILES string of the molecule is CC(C)Nc1ncc(CN2CC[C@@H](c3ccc(F)cc3)[C@H](O)C2)cn1. The summed E-state index contributed by atoms with van der Waals surface area (Å²) < 4.78 is 13.1. The average Bonchev–Trinajstić information content (AvgIpc) is 2.57. The van der Waals surface area contributed by atoms with E-state index in [2.05, 4.69) is 20.2 Å². The van der Waals surface area contributed by atoms with Gasteiger partial charge in [0.05, 0.1) is 6.10 Å². The number of rotatable bonds is 5. The van der Waals surface area contributed by atoms with E-state index in [1.807, 2.05) is 26.2 Å². The fraction of sp³-hybridized carbons (Fsp3) is 0.474. The van der Waals surface area contributed by atoms with Crippen LogP contribution >= 0.6 is 0 Å². The number of nitrogens with zero attached hydrogens (tertiary/aromatic N) is 3. The van der Waals surface area contributed by atoms with Crippen molar-refractivity contribution < 1.29 is 9.50 Å². The lowest BCUT2D eigenvalue weighted by Crippen LogP contribution is -2.42. The lowest BCUT2D eigenvalue weighted by atomic mass is 9.87. The second-order valence-corrected chi connectivity index (χ2v) is 6.96. The van der Waals surface area contributed by atoms with Crippen LogP contribution in [0, 0.1) is 5.82 Å². The van der Waals surface area contributed by atoms with Gasteiger partial charge in [0.1, 0.15) is 5.82 Å². The number of likely N-dealkylation sites (tertiary alicyclic amines) is 1. The molecule has 0 spiro atoms. The van der Waals surface area contributed by atoms with Gasteiger partial charge in [-0.05, 0) is 44.5 Å². The number of piperidine rings is 1. The van der Waals surface area contributed by atoms with E-state index in [-0.39, 0.29) is 11.7 Å². The highest BCUT2D eigenvalue weighted by molar-refractivity contribution is 5.26. The van der Waals surface area contributed by atoms with Crippen molar-refractivity contribution in [3.05, 3.63) is 53.6 Å². The molecular formula is C19H25FN4O. The quantitative estimate of drug-likeness (QED) is 0.873. The van der Waals surface area contributed by atoms with Gasteiger partial charge in [0.2, 0.25) is 5.95 Å². The van der Waals surface area contributed by atoms with E-state index in [1.54, 1.807) is 12.1 Å². The maximum absolute atomic E-state index is 13.1. The van der Waals surface area contributed by atoms with Crippen molar-refractivity contribution in [1.29, 1.82) is 0 Å². The summed E-state index contributed by atoms with van der Waals surface area (Å²) in [4.78, 5) is 10.9. The second kappa shape index (κ2) is 7.89. The summed E-state index contributed by atoms with van der Waals surface area (Å²) in [5.41, 5.74) is 2.03. The highest BCUT2D eigenvalue weighted by atomic mass is 19.1. The van der Waals surface area contributed by atoms with E-state index in [9.17, 15) is 9.50 Å². The Morgan fingerprint density at radius 3 is 2.52 bits per heavy atom. The number of benzene rings is 1. The van der Waals surface area contributed by atoms with Crippen molar-refractivity contribution >= 4 is 5.95 Å². The second-order valence-electron chi connectivity index (χ2n) is 6.96. The van der Waals surface area contributed by atoms with Crippen molar-refractivity contribution in [2.24, 2.45) is 0 Å². The summed E-state index contributed by atoms with van der Waals surface area (Å²) in [6.45, 7) is 6.28. The Morgan fingerprint density at radius 1 is 1.24 bits per heavy atom. The highest BCUT2D eigenvalue weighted by Gasteiger charge is 2.28. The summed E-state index contributed by atoms with van der Waals surface area (Å²) in [7, 11) is 0. The highest BCUT2D eigenvalue weighted by Crippen LogP contribution is 2.29. The topological polar surface area (TPSA) is 61.3 Å². The van der Waals surface area contributed by atoms with Crippen LogP contribution in [0.1, 0.15) is 37.3 Å². The van der Waals surface area contributed by atoms with Crippen LogP contribution in [0.5, 0.6) is 0 Å². The van der Waals surface area contributed by atoms with Crippen LogP contribution in [0.2, 0.25) is 0 Å². The number of nitrogens with one attached hydrogen (secondary N) is 1. The zero-order valence-electron chi connectivity index (χ0n) is 14.7. The molecule has 0 unspecified atom stereocenters. The first kappa shape index (κ1) is 17.8. The summed E-state index contributed by atoms with van der Waals surface area (Å²) in [5.74, 6) is 0.450. The lowest BCUT2D eigenvalue weighted by Gasteiger charge is -2.36. The molecule has 1 aliphatic rings. The van der Waals surface area contributed by atoms with Crippen LogP contribution in [0.25, 0.3) is 0 Å². The lowest BCUT2D eigenvalue weighted by molar-refractivity contribution is 0.0475. The molecule has 5 nitrogen and oxygen atoms in total. The van der Waals surface area contributed by atoms with Crippen LogP contribution in [0.4, 0.5) is 10.3 Å². The first-order valence-corrected chi connectivity index (χ1v) is 8.74. The Morgan fingerprint density at radius 2 is 1.92 bits per heavy atom. The van der Waals surface area contributed by atoms with Gasteiger partial charge in [-0.1, -0.05) is 12.1 Å². The fourth-order valence-corrected chi connectivity index (χ4v) is 3.27. The number of halogens is 1. The Labute approximate surface area is 147 Å². The van der Waals surface area contributed by atoms with Gasteiger partial charge in [0.25, 0.3) is 0 Å². The van der Waals surface area contributed by atoms with Gasteiger partial charge in [0.15, 0.2) is 0 Å². The monoisotopic (exact) mass is 344 g/mol. The number of anilines is 1. The first-order chi connectivity index (χ1) is 12.0. The molecule has 0 aliphatic carbocycles. The van der Waals surface area contributed by atoms with Gasteiger partial charge in [0, 0.05) is 43.0 Å². The molecule has 0 radical (unpaired) electrons. The molecule has 0 bridgehead atoms. The van der Waals surface area contributed by atoms with Crippen molar-refractivity contribution in [3.63, 3.8) is 0 Å². The number of aliphatic hydroxyl groups is 1. The summed E-state index contributed by atoms with van der Waals surface area (Å²) in [5, 5.41) is 13.7. The third-order valence-electron chi connectivity index (χ3n) is 4.49. The molecule has 2 N–H and O–H groups in total. The predicted octanol–water partition coefficient (Wildman–Crippen LogP) is 2.79. The molecule has 1 aromatic heterocycles. The third-order valence-corrected chi connectivity index (χ3v) is 4.49. The van der Waals surface area contributed by atoms with Crippen molar-refractivity contribution in [2.75, 3.05) is 18.4 Å². The molecular weight excluding hydrogens is 319 g/mol. The predicted molar refractivity (Wildman–Crippen MR) is 95.8 cm³/mol. The van der Waals surface area contributed by atoms with Crippen LogP contribution in [0.15, 0.2) is 36.7 Å². The molecule has 1 saturated heterocycles. The van der Waals surface area contributed by atoms with Crippen molar-refractivity contribution in [1.82, 2.24) is 14.9 Å². The number of hydrogen-bond acceptors (Lipinski definition) is 5. The maximum atomic E-state index is 13.1. The first-order valence-electron chi connectivity index (χ1n) is 8.74. The Balaban J connectivity index is 1.56. The zero-order chi connectivity index (χ0) is 17.8. The number of β-amino-alcohol motifs (C(OH)–C–C–N with tert-alkyl or cyclic N) is 1. The molecule has 1 aromatic carbocycles. The molecule has 2 aromatic rings. The molecule has 0 amide bonds. The fourth-order valence-electron chi connectivity index (χ4n) is 3.27. The van der Waals surface area contributed by atoms with E-state index in [0.29, 0.717) is 18.5 Å². The van der Waals surface area contributed by atoms with E-state index < -0.39 is 6.10 Å². The molecule has 134 valence electrons. The van der Waals surface area contributed by atoms with Crippen LogP contribution in [-0.4, -0.2) is 45.2 Å². The van der Waals surface area contributed by atoms with E-state index in [1.165, 1.54) is 12.1 Å². The Kier molecular flexibility index (Phi) is 5.60. The van der Waals surface area contributed by atoms with Gasteiger partial charge in [-0.2, -0.15) is 0 Å². The minimum atomic E-state index is -0.456. The Bertz CT molecular complexity index is 675. The number of aromatic nitrogens is 2. The van der Waals surface area contributed by atoms with Gasteiger partial charge in [-0.25, -0.2) is 14.4 Å².